The summed E-state index contributed by atoms with van der Waals surface area (Å²) in [5, 5.41) is 3.30. The number of alkyl halides is 2. The van der Waals surface area contributed by atoms with E-state index in [0.29, 0.717) is 59.4 Å². The Kier molecular flexibility index (Phi) is 6.06. The number of amidine groups is 1. The Hall–Kier alpha value is -3.66. The van der Waals surface area contributed by atoms with Crippen molar-refractivity contribution in [1.29, 1.82) is 0 Å². The van der Waals surface area contributed by atoms with E-state index in [1.54, 1.807) is 37.5 Å². The molecule has 1 saturated heterocycles. The van der Waals surface area contributed by atoms with Gasteiger partial charge in [-0.1, -0.05) is 12.1 Å². The van der Waals surface area contributed by atoms with E-state index >= 15 is 0 Å². The van der Waals surface area contributed by atoms with Gasteiger partial charge in [-0.05, 0) is 31.5 Å². The van der Waals surface area contributed by atoms with Crippen LogP contribution in [0, 0.1) is 6.92 Å². The third-order valence-electron chi connectivity index (χ3n) is 6.32. The summed E-state index contributed by atoms with van der Waals surface area (Å²) in [6.45, 7) is 2.41. The fourth-order valence-corrected chi connectivity index (χ4v) is 4.34. The molecular weight excluding hydrogens is 456 g/mol. The SMILES string of the molecule is Cc1cccc(Nc2c(-c3ccncc3OCC3(C)CCO3)[nH]c3c2C(N)=NCC3)c1OC(F)F. The number of aryl methyl sites for hydroxylation is 1. The molecule has 1 fully saturated rings. The van der Waals surface area contributed by atoms with Crippen LogP contribution in [0.15, 0.2) is 41.7 Å². The third-order valence-corrected chi connectivity index (χ3v) is 6.32. The molecule has 0 bridgehead atoms. The molecule has 1 unspecified atom stereocenters. The molecule has 3 aromatic rings. The first kappa shape index (κ1) is 23.1. The van der Waals surface area contributed by atoms with E-state index < -0.39 is 6.61 Å². The summed E-state index contributed by atoms with van der Waals surface area (Å²) >= 11 is 0. The molecule has 1 aromatic carbocycles. The third kappa shape index (κ3) is 4.53. The Balaban J connectivity index is 1.59. The van der Waals surface area contributed by atoms with Crippen LogP contribution >= 0.6 is 0 Å². The molecule has 10 heteroatoms. The second kappa shape index (κ2) is 9.18. The van der Waals surface area contributed by atoms with Gasteiger partial charge in [0.2, 0.25) is 0 Å². The zero-order valence-corrected chi connectivity index (χ0v) is 19.5. The lowest BCUT2D eigenvalue weighted by molar-refractivity contribution is -0.152. The number of hydrogen-bond donors (Lipinski definition) is 3. The van der Waals surface area contributed by atoms with E-state index in [1.165, 1.54) is 0 Å². The minimum Gasteiger partial charge on any atom is -0.488 e. The number of aromatic amines is 1. The number of rotatable bonds is 8. The highest BCUT2D eigenvalue weighted by molar-refractivity contribution is 6.08. The molecule has 8 nitrogen and oxygen atoms in total. The smallest absolute Gasteiger partial charge is 0.387 e. The fraction of sp³-hybridized carbons (Fsp3) is 0.360. The Morgan fingerprint density at radius 2 is 2.14 bits per heavy atom. The van der Waals surface area contributed by atoms with Crippen molar-refractivity contribution in [2.24, 2.45) is 10.7 Å². The van der Waals surface area contributed by atoms with Crippen molar-refractivity contribution in [3.63, 3.8) is 0 Å². The number of ether oxygens (including phenoxy) is 3. The normalized spacial score (nSPS) is 19.1. The predicted molar refractivity (Wildman–Crippen MR) is 129 cm³/mol. The van der Waals surface area contributed by atoms with Crippen LogP contribution in [-0.2, 0) is 11.2 Å². The highest BCUT2D eigenvalue weighted by Crippen LogP contribution is 2.42. The molecule has 5 rings (SSSR count). The maximum Gasteiger partial charge on any atom is 0.387 e. The molecule has 2 aliphatic heterocycles. The number of pyridine rings is 1. The fourth-order valence-electron chi connectivity index (χ4n) is 4.34. The van der Waals surface area contributed by atoms with Gasteiger partial charge in [-0.2, -0.15) is 8.78 Å². The van der Waals surface area contributed by atoms with E-state index in [0.717, 1.165) is 24.3 Å². The summed E-state index contributed by atoms with van der Waals surface area (Å²) < 4.78 is 43.0. The molecule has 0 aliphatic carbocycles. The van der Waals surface area contributed by atoms with Crippen LogP contribution in [-0.4, -0.2) is 47.8 Å². The summed E-state index contributed by atoms with van der Waals surface area (Å²) in [5.74, 6) is 0.998. The van der Waals surface area contributed by atoms with Crippen molar-refractivity contribution >= 4 is 17.2 Å². The minimum atomic E-state index is -2.96. The van der Waals surface area contributed by atoms with E-state index in [4.69, 9.17) is 19.9 Å². The molecule has 0 saturated carbocycles. The zero-order chi connectivity index (χ0) is 24.6. The Labute approximate surface area is 201 Å². The second-order valence-electron chi connectivity index (χ2n) is 8.91. The van der Waals surface area contributed by atoms with Gasteiger partial charge in [-0.15, -0.1) is 0 Å². The summed E-state index contributed by atoms with van der Waals surface area (Å²) in [6, 6.07) is 7.00. The molecule has 0 spiro atoms. The standard InChI is InChI=1S/C25H27F2N5O3/c1-14-4-3-5-17(22(14)35-24(26)27)32-21-19-16(7-10-30-23(19)28)31-20(21)15-6-9-29-12-18(15)33-13-25(2)8-11-34-25/h3-6,9,12,24,31-32H,7-8,10-11,13H2,1-2H3,(H2,28,30). The average Bonchev–Trinajstić information content (AvgIpc) is 3.18. The lowest BCUT2D eigenvalue weighted by Crippen LogP contribution is -2.45. The van der Waals surface area contributed by atoms with Crippen LogP contribution < -0.4 is 20.5 Å². The first-order valence-corrected chi connectivity index (χ1v) is 11.4. The predicted octanol–water partition coefficient (Wildman–Crippen LogP) is 4.55. The average molecular weight is 484 g/mol. The van der Waals surface area contributed by atoms with E-state index in [2.05, 4.69) is 20.3 Å². The maximum atomic E-state index is 13.2. The van der Waals surface area contributed by atoms with Gasteiger partial charge in [-0.25, -0.2) is 0 Å². The molecule has 0 amide bonds. The van der Waals surface area contributed by atoms with Crippen molar-refractivity contribution in [3.05, 3.63) is 53.5 Å². The number of aliphatic imine (C=N–C) groups is 1. The van der Waals surface area contributed by atoms with Crippen LogP contribution in [0.25, 0.3) is 11.3 Å². The first-order chi connectivity index (χ1) is 16.8. The summed E-state index contributed by atoms with van der Waals surface area (Å²) in [5.41, 5.74) is 10.6. The van der Waals surface area contributed by atoms with E-state index in [1.807, 2.05) is 13.0 Å². The number of nitrogens with two attached hydrogens (primary N) is 1. The molecule has 184 valence electrons. The number of anilines is 2. The van der Waals surface area contributed by atoms with Crippen LogP contribution in [0.2, 0.25) is 0 Å². The maximum absolute atomic E-state index is 13.2. The van der Waals surface area contributed by atoms with Crippen LogP contribution in [0.5, 0.6) is 11.5 Å². The van der Waals surface area contributed by atoms with Crippen molar-refractivity contribution in [2.45, 2.75) is 38.9 Å². The van der Waals surface area contributed by atoms with Crippen LogP contribution in [0.4, 0.5) is 20.2 Å². The Morgan fingerprint density at radius 1 is 1.31 bits per heavy atom. The van der Waals surface area contributed by atoms with Gasteiger partial charge in [-0.3, -0.25) is 9.98 Å². The number of benzene rings is 1. The van der Waals surface area contributed by atoms with Crippen molar-refractivity contribution in [3.8, 4) is 22.8 Å². The largest absolute Gasteiger partial charge is 0.488 e. The first-order valence-electron chi connectivity index (χ1n) is 11.4. The Bertz CT molecular complexity index is 1270. The molecule has 0 radical (unpaired) electrons. The molecular formula is C25H27F2N5O3. The second-order valence-corrected chi connectivity index (χ2v) is 8.91. The van der Waals surface area contributed by atoms with E-state index in [-0.39, 0.29) is 11.4 Å². The van der Waals surface area contributed by atoms with Gasteiger partial charge in [0.15, 0.2) is 5.75 Å². The lowest BCUT2D eigenvalue weighted by Gasteiger charge is -2.38. The Morgan fingerprint density at radius 3 is 2.89 bits per heavy atom. The minimum absolute atomic E-state index is 0.0657. The quantitative estimate of drug-likeness (QED) is 0.434. The molecule has 2 aromatic heterocycles. The summed E-state index contributed by atoms with van der Waals surface area (Å²) in [4.78, 5) is 12.1. The number of halogens is 2. The van der Waals surface area contributed by atoms with Crippen LogP contribution in [0.3, 0.4) is 0 Å². The molecule has 1 atom stereocenters. The van der Waals surface area contributed by atoms with Gasteiger partial charge in [0.25, 0.3) is 0 Å². The van der Waals surface area contributed by atoms with Gasteiger partial charge in [0, 0.05) is 36.8 Å². The van der Waals surface area contributed by atoms with Crippen LogP contribution in [0.1, 0.15) is 30.2 Å². The zero-order valence-electron chi connectivity index (χ0n) is 19.5. The topological polar surface area (TPSA) is 107 Å². The van der Waals surface area contributed by atoms with Gasteiger partial charge in [0.05, 0.1) is 35.4 Å². The van der Waals surface area contributed by atoms with E-state index in [9.17, 15) is 8.78 Å². The number of hydrogen-bond acceptors (Lipinski definition) is 7. The highest BCUT2D eigenvalue weighted by atomic mass is 19.3. The highest BCUT2D eigenvalue weighted by Gasteiger charge is 2.34. The molecule has 2 aliphatic rings. The molecule has 4 heterocycles. The summed E-state index contributed by atoms with van der Waals surface area (Å²) in [7, 11) is 0. The van der Waals surface area contributed by atoms with Crippen molar-refractivity contribution in [1.82, 2.24) is 9.97 Å². The lowest BCUT2D eigenvalue weighted by atomic mass is 9.99. The number of nitrogens with one attached hydrogen (secondary N) is 2. The van der Waals surface area contributed by atoms with Gasteiger partial charge < -0.3 is 30.2 Å². The number of aromatic nitrogens is 2. The molecule has 4 N–H and O–H groups in total. The number of fused-ring (bicyclic) bond motifs is 1. The van der Waals surface area contributed by atoms with Gasteiger partial charge in [0.1, 0.15) is 23.8 Å². The molecule has 35 heavy (non-hydrogen) atoms. The number of nitrogens with zero attached hydrogens (tertiary/aromatic N) is 2. The van der Waals surface area contributed by atoms with Gasteiger partial charge >= 0.3 is 6.61 Å². The monoisotopic (exact) mass is 483 g/mol. The summed E-state index contributed by atoms with van der Waals surface area (Å²) in [6.07, 6.45) is 4.89. The number of H-pyrrole nitrogens is 1. The van der Waals surface area contributed by atoms with Crippen molar-refractivity contribution < 1.29 is 23.0 Å². The van der Waals surface area contributed by atoms with Crippen molar-refractivity contribution in [2.75, 3.05) is 25.1 Å². The number of para-hydroxylation sites is 1.